The average Bonchev–Trinajstić information content (AvgIpc) is 3.28. The third kappa shape index (κ3) is 3.69. The highest BCUT2D eigenvalue weighted by atomic mass is 32.1. The maximum absolute atomic E-state index is 12.8. The highest BCUT2D eigenvalue weighted by molar-refractivity contribution is 7.10. The summed E-state index contributed by atoms with van der Waals surface area (Å²) < 4.78 is 0. The molecule has 2 aromatic carbocycles. The van der Waals surface area contributed by atoms with Gasteiger partial charge in [0, 0.05) is 35.9 Å². The SMILES string of the molecule is O=C(Nc1ccccc1N1CCc2sccc2C1)c1cnc(-c2ccccc2)nc1. The van der Waals surface area contributed by atoms with E-state index in [9.17, 15) is 4.79 Å². The van der Waals surface area contributed by atoms with Crippen LogP contribution in [0.5, 0.6) is 0 Å². The van der Waals surface area contributed by atoms with Crippen LogP contribution in [0.25, 0.3) is 11.4 Å². The van der Waals surface area contributed by atoms with Gasteiger partial charge in [0.15, 0.2) is 5.82 Å². The van der Waals surface area contributed by atoms with Crippen molar-refractivity contribution in [1.29, 1.82) is 0 Å². The number of nitrogens with zero attached hydrogens (tertiary/aromatic N) is 3. The summed E-state index contributed by atoms with van der Waals surface area (Å²) in [5.41, 5.74) is 4.56. The van der Waals surface area contributed by atoms with Crippen LogP contribution in [-0.4, -0.2) is 22.4 Å². The third-order valence-electron chi connectivity index (χ3n) is 5.25. The predicted molar refractivity (Wildman–Crippen MR) is 121 cm³/mol. The molecule has 6 heteroatoms. The van der Waals surface area contributed by atoms with Crippen LogP contribution in [0.15, 0.2) is 78.4 Å². The molecule has 30 heavy (non-hydrogen) atoms. The van der Waals surface area contributed by atoms with Crippen LogP contribution >= 0.6 is 11.3 Å². The van der Waals surface area contributed by atoms with Crippen LogP contribution in [0.4, 0.5) is 11.4 Å². The molecule has 0 saturated carbocycles. The largest absolute Gasteiger partial charge is 0.365 e. The van der Waals surface area contributed by atoms with Crippen LogP contribution in [0.3, 0.4) is 0 Å². The van der Waals surface area contributed by atoms with E-state index < -0.39 is 0 Å². The zero-order valence-electron chi connectivity index (χ0n) is 16.3. The van der Waals surface area contributed by atoms with E-state index in [1.54, 1.807) is 12.4 Å². The van der Waals surface area contributed by atoms with Crippen molar-refractivity contribution in [2.24, 2.45) is 0 Å². The number of anilines is 2. The second-order valence-corrected chi connectivity index (χ2v) is 8.17. The Morgan fingerprint density at radius 1 is 0.967 bits per heavy atom. The molecular formula is C24H20N4OS. The first kappa shape index (κ1) is 18.5. The summed E-state index contributed by atoms with van der Waals surface area (Å²) in [5.74, 6) is 0.391. The summed E-state index contributed by atoms with van der Waals surface area (Å²) in [6.07, 6.45) is 4.18. The quantitative estimate of drug-likeness (QED) is 0.511. The van der Waals surface area contributed by atoms with E-state index in [0.717, 1.165) is 36.4 Å². The molecule has 5 nitrogen and oxygen atoms in total. The first-order chi connectivity index (χ1) is 14.8. The van der Waals surface area contributed by atoms with Gasteiger partial charge in [0.2, 0.25) is 0 Å². The summed E-state index contributed by atoms with van der Waals surface area (Å²) in [4.78, 5) is 25.4. The van der Waals surface area contributed by atoms with Gasteiger partial charge in [-0.25, -0.2) is 9.97 Å². The van der Waals surface area contributed by atoms with Gasteiger partial charge in [-0.2, -0.15) is 0 Å². The number of hydrogen-bond donors (Lipinski definition) is 1. The Morgan fingerprint density at radius 3 is 2.57 bits per heavy atom. The minimum absolute atomic E-state index is 0.213. The number of carbonyl (C=O) groups is 1. The fourth-order valence-electron chi connectivity index (χ4n) is 3.69. The molecule has 148 valence electrons. The molecule has 5 rings (SSSR count). The fraction of sp³-hybridized carbons (Fsp3) is 0.125. The molecule has 4 aromatic rings. The van der Waals surface area contributed by atoms with E-state index >= 15 is 0 Å². The molecule has 0 aliphatic carbocycles. The van der Waals surface area contributed by atoms with Crippen LogP contribution in [0, 0.1) is 0 Å². The first-order valence-electron chi connectivity index (χ1n) is 9.86. The predicted octanol–water partition coefficient (Wildman–Crippen LogP) is 5.02. The van der Waals surface area contributed by atoms with Crippen molar-refractivity contribution in [3.63, 3.8) is 0 Å². The Bertz CT molecular complexity index is 1170. The summed E-state index contributed by atoms with van der Waals surface area (Å²) in [6, 6.07) is 19.9. The van der Waals surface area contributed by atoms with Crippen molar-refractivity contribution in [2.45, 2.75) is 13.0 Å². The minimum atomic E-state index is -0.213. The van der Waals surface area contributed by atoms with Gasteiger partial charge in [0.1, 0.15) is 0 Å². The number of aromatic nitrogens is 2. The number of amides is 1. The van der Waals surface area contributed by atoms with Crippen LogP contribution < -0.4 is 10.2 Å². The van der Waals surface area contributed by atoms with Gasteiger partial charge < -0.3 is 10.2 Å². The molecule has 1 amide bonds. The van der Waals surface area contributed by atoms with E-state index in [0.29, 0.717) is 11.4 Å². The van der Waals surface area contributed by atoms with Gasteiger partial charge in [0.05, 0.1) is 16.9 Å². The molecule has 0 radical (unpaired) electrons. The summed E-state index contributed by atoms with van der Waals surface area (Å²) >= 11 is 1.82. The van der Waals surface area contributed by atoms with Crippen LogP contribution in [0.2, 0.25) is 0 Å². The number of hydrogen-bond acceptors (Lipinski definition) is 5. The van der Waals surface area contributed by atoms with Gasteiger partial charge in [-0.15, -0.1) is 11.3 Å². The number of carbonyl (C=O) groups excluding carboxylic acids is 1. The van der Waals surface area contributed by atoms with E-state index in [1.807, 2.05) is 59.9 Å². The average molecular weight is 413 g/mol. The van der Waals surface area contributed by atoms with Gasteiger partial charge in [0.25, 0.3) is 5.91 Å². The molecule has 2 aromatic heterocycles. The molecule has 0 spiro atoms. The molecule has 0 unspecified atom stereocenters. The molecule has 0 fully saturated rings. The monoisotopic (exact) mass is 412 g/mol. The zero-order valence-corrected chi connectivity index (χ0v) is 17.1. The van der Waals surface area contributed by atoms with Crippen molar-refractivity contribution in [3.8, 4) is 11.4 Å². The topological polar surface area (TPSA) is 58.1 Å². The molecule has 1 N–H and O–H groups in total. The Balaban J connectivity index is 1.34. The van der Waals surface area contributed by atoms with Gasteiger partial charge in [-0.3, -0.25) is 4.79 Å². The Morgan fingerprint density at radius 2 is 1.73 bits per heavy atom. The molecule has 1 aliphatic rings. The number of rotatable bonds is 4. The number of nitrogens with one attached hydrogen (secondary N) is 1. The zero-order chi connectivity index (χ0) is 20.3. The highest BCUT2D eigenvalue weighted by Gasteiger charge is 2.20. The molecular weight excluding hydrogens is 392 g/mol. The van der Waals surface area contributed by atoms with Crippen molar-refractivity contribution < 1.29 is 4.79 Å². The Labute approximate surface area is 179 Å². The Hall–Kier alpha value is -3.51. The van der Waals surface area contributed by atoms with Crippen LogP contribution in [0.1, 0.15) is 20.8 Å². The molecule has 0 bridgehead atoms. The number of thiophene rings is 1. The van der Waals surface area contributed by atoms with Gasteiger partial charge in [-0.1, -0.05) is 42.5 Å². The van der Waals surface area contributed by atoms with Crippen molar-refractivity contribution in [2.75, 3.05) is 16.8 Å². The first-order valence-corrected chi connectivity index (χ1v) is 10.7. The normalized spacial score (nSPS) is 13.0. The number of benzene rings is 2. The molecule has 0 atom stereocenters. The second kappa shape index (κ2) is 8.08. The molecule has 1 aliphatic heterocycles. The van der Waals surface area contributed by atoms with Gasteiger partial charge >= 0.3 is 0 Å². The van der Waals surface area contributed by atoms with E-state index in [4.69, 9.17) is 0 Å². The maximum Gasteiger partial charge on any atom is 0.258 e. The van der Waals surface area contributed by atoms with E-state index in [1.165, 1.54) is 10.4 Å². The lowest BCUT2D eigenvalue weighted by atomic mass is 10.1. The highest BCUT2D eigenvalue weighted by Crippen LogP contribution is 2.32. The summed E-state index contributed by atoms with van der Waals surface area (Å²) in [6.45, 7) is 1.80. The Kier molecular flexibility index (Phi) is 4.99. The fourth-order valence-corrected chi connectivity index (χ4v) is 4.57. The molecule has 0 saturated heterocycles. The lowest BCUT2D eigenvalue weighted by Crippen LogP contribution is -2.30. The van der Waals surface area contributed by atoms with Crippen LogP contribution in [-0.2, 0) is 13.0 Å². The lowest BCUT2D eigenvalue weighted by Gasteiger charge is -2.30. The summed E-state index contributed by atoms with van der Waals surface area (Å²) in [7, 11) is 0. The van der Waals surface area contributed by atoms with Gasteiger partial charge in [-0.05, 0) is 35.6 Å². The molecule has 3 heterocycles. The van der Waals surface area contributed by atoms with Crippen molar-refractivity contribution in [3.05, 3.63) is 94.4 Å². The van der Waals surface area contributed by atoms with E-state index in [-0.39, 0.29) is 5.91 Å². The summed E-state index contributed by atoms with van der Waals surface area (Å²) in [5, 5.41) is 5.20. The van der Waals surface area contributed by atoms with Crippen molar-refractivity contribution in [1.82, 2.24) is 9.97 Å². The third-order valence-corrected chi connectivity index (χ3v) is 6.27. The smallest absolute Gasteiger partial charge is 0.258 e. The van der Waals surface area contributed by atoms with E-state index in [2.05, 4.69) is 37.7 Å². The van der Waals surface area contributed by atoms with Crippen molar-refractivity contribution >= 4 is 28.6 Å². The lowest BCUT2D eigenvalue weighted by molar-refractivity contribution is 0.102. The minimum Gasteiger partial charge on any atom is -0.365 e. The number of fused-ring (bicyclic) bond motifs is 1. The second-order valence-electron chi connectivity index (χ2n) is 7.17. The number of para-hydroxylation sites is 2. The maximum atomic E-state index is 12.8. The standard InChI is InChI=1S/C24H20N4OS/c29-24(19-14-25-23(26-15-19)17-6-2-1-3-7-17)27-20-8-4-5-9-21(20)28-12-10-22-18(16-28)11-13-30-22/h1-9,11,13-15H,10,12,16H2,(H,27,29).